The minimum Gasteiger partial charge on any atom is -0.469 e. The van der Waals surface area contributed by atoms with Gasteiger partial charge in [0.25, 0.3) is 10.2 Å². The summed E-state index contributed by atoms with van der Waals surface area (Å²) < 4.78 is 31.6. The van der Waals surface area contributed by atoms with E-state index in [4.69, 9.17) is 0 Å². The van der Waals surface area contributed by atoms with Crippen LogP contribution in [-0.4, -0.2) is 44.4 Å². The first-order valence-electron chi connectivity index (χ1n) is 5.62. The Kier molecular flexibility index (Phi) is 5.87. The molecule has 0 saturated heterocycles. The van der Waals surface area contributed by atoms with Crippen molar-refractivity contribution in [3.05, 3.63) is 30.1 Å². The van der Waals surface area contributed by atoms with Crippen LogP contribution in [0.5, 0.6) is 0 Å². The van der Waals surface area contributed by atoms with Crippen molar-refractivity contribution in [3.8, 4) is 0 Å². The minimum atomic E-state index is -3.61. The minimum absolute atomic E-state index is 0.0147. The monoisotopic (exact) mass is 287 g/mol. The molecule has 0 amide bonds. The molecule has 1 aromatic rings. The predicted octanol–water partition coefficient (Wildman–Crippen LogP) is -0.0891. The maximum Gasteiger partial charge on any atom is 0.306 e. The average molecular weight is 287 g/mol. The van der Waals surface area contributed by atoms with Crippen LogP contribution in [0.2, 0.25) is 0 Å². The SMILES string of the molecule is COC(=O)CCN(C)S(=O)(=O)NCc1cccnc1. The van der Waals surface area contributed by atoms with E-state index in [0.29, 0.717) is 0 Å². The molecule has 0 spiro atoms. The number of carbonyl (C=O) groups excluding carboxylic acids is 1. The number of rotatable bonds is 7. The summed E-state index contributed by atoms with van der Waals surface area (Å²) >= 11 is 0. The summed E-state index contributed by atoms with van der Waals surface area (Å²) in [6.45, 7) is 0.216. The third-order valence-corrected chi connectivity index (χ3v) is 3.96. The molecule has 0 bridgehead atoms. The number of aromatic nitrogens is 1. The normalized spacial score (nSPS) is 11.5. The van der Waals surface area contributed by atoms with E-state index in [1.807, 2.05) is 0 Å². The molecule has 0 aliphatic heterocycles. The van der Waals surface area contributed by atoms with Gasteiger partial charge in [0.15, 0.2) is 0 Å². The van der Waals surface area contributed by atoms with Crippen LogP contribution in [0, 0.1) is 0 Å². The van der Waals surface area contributed by atoms with Gasteiger partial charge in [0.05, 0.1) is 13.5 Å². The maximum absolute atomic E-state index is 11.8. The van der Waals surface area contributed by atoms with Crippen LogP contribution in [0.3, 0.4) is 0 Å². The van der Waals surface area contributed by atoms with Crippen molar-refractivity contribution < 1.29 is 17.9 Å². The van der Waals surface area contributed by atoms with E-state index in [-0.39, 0.29) is 19.5 Å². The molecule has 0 aromatic carbocycles. The highest BCUT2D eigenvalue weighted by Gasteiger charge is 2.18. The number of carbonyl (C=O) groups is 1. The lowest BCUT2D eigenvalue weighted by atomic mass is 10.3. The zero-order valence-electron chi connectivity index (χ0n) is 10.9. The van der Waals surface area contributed by atoms with Gasteiger partial charge >= 0.3 is 5.97 Å². The molecule has 19 heavy (non-hydrogen) atoms. The van der Waals surface area contributed by atoms with Crippen LogP contribution in [0.15, 0.2) is 24.5 Å². The van der Waals surface area contributed by atoms with Gasteiger partial charge in [-0.1, -0.05) is 6.07 Å². The van der Waals surface area contributed by atoms with E-state index < -0.39 is 16.2 Å². The summed E-state index contributed by atoms with van der Waals surface area (Å²) in [4.78, 5) is 14.8. The van der Waals surface area contributed by atoms with Crippen molar-refractivity contribution in [2.75, 3.05) is 20.7 Å². The second-order valence-electron chi connectivity index (χ2n) is 3.84. The Balaban J connectivity index is 2.49. The third kappa shape index (κ3) is 5.33. The largest absolute Gasteiger partial charge is 0.469 e. The van der Waals surface area contributed by atoms with Crippen molar-refractivity contribution in [3.63, 3.8) is 0 Å². The molecular formula is C11H17N3O4S. The highest BCUT2D eigenvalue weighted by Crippen LogP contribution is 2.00. The number of hydrogen-bond acceptors (Lipinski definition) is 5. The first kappa shape index (κ1) is 15.5. The van der Waals surface area contributed by atoms with Crippen LogP contribution in [0.1, 0.15) is 12.0 Å². The van der Waals surface area contributed by atoms with Crippen LogP contribution in [0.25, 0.3) is 0 Å². The number of ether oxygens (including phenoxy) is 1. The maximum atomic E-state index is 11.8. The molecule has 1 aromatic heterocycles. The fourth-order valence-corrected chi connectivity index (χ4v) is 2.16. The molecule has 106 valence electrons. The second-order valence-corrected chi connectivity index (χ2v) is 5.70. The first-order chi connectivity index (χ1) is 8.95. The topological polar surface area (TPSA) is 88.6 Å². The molecule has 0 atom stereocenters. The molecule has 0 aliphatic rings. The van der Waals surface area contributed by atoms with Crippen molar-refractivity contribution in [2.24, 2.45) is 0 Å². The van der Waals surface area contributed by atoms with E-state index in [1.54, 1.807) is 24.5 Å². The second kappa shape index (κ2) is 7.17. The van der Waals surface area contributed by atoms with Gasteiger partial charge < -0.3 is 4.74 Å². The van der Waals surface area contributed by atoms with Gasteiger partial charge in [0.2, 0.25) is 0 Å². The van der Waals surface area contributed by atoms with Gasteiger partial charge in [-0.15, -0.1) is 0 Å². The molecule has 0 saturated carbocycles. The van der Waals surface area contributed by atoms with E-state index >= 15 is 0 Å². The van der Waals surface area contributed by atoms with Gasteiger partial charge in [-0.05, 0) is 11.6 Å². The molecule has 0 aliphatic carbocycles. The fourth-order valence-electron chi connectivity index (χ4n) is 1.26. The summed E-state index contributed by atoms with van der Waals surface area (Å²) in [6, 6.07) is 3.49. The van der Waals surface area contributed by atoms with Crippen molar-refractivity contribution in [1.29, 1.82) is 0 Å². The van der Waals surface area contributed by atoms with Gasteiger partial charge in [-0.25, -0.2) is 0 Å². The molecule has 0 unspecified atom stereocenters. The van der Waals surface area contributed by atoms with Gasteiger partial charge in [0, 0.05) is 32.5 Å². The lowest BCUT2D eigenvalue weighted by Crippen LogP contribution is -2.38. The Morgan fingerprint density at radius 1 is 1.53 bits per heavy atom. The van der Waals surface area contributed by atoms with E-state index in [1.165, 1.54) is 14.2 Å². The molecule has 7 nitrogen and oxygen atoms in total. The standard InChI is InChI=1S/C11H17N3O4S/c1-14(7-5-11(15)18-2)19(16,17)13-9-10-4-3-6-12-8-10/h3-4,6,8,13H,5,7,9H2,1-2H3. The molecule has 1 rings (SSSR count). The molecule has 8 heteroatoms. The molecule has 1 heterocycles. The van der Waals surface area contributed by atoms with Crippen molar-refractivity contribution >= 4 is 16.2 Å². The number of pyridine rings is 1. The summed E-state index contributed by atoms with van der Waals surface area (Å²) in [5.41, 5.74) is 0.757. The smallest absolute Gasteiger partial charge is 0.306 e. The Hall–Kier alpha value is -1.51. The Bertz CT molecular complexity index is 504. The first-order valence-corrected chi connectivity index (χ1v) is 7.06. The number of nitrogens with zero attached hydrogens (tertiary/aromatic N) is 2. The van der Waals surface area contributed by atoms with E-state index in [0.717, 1.165) is 9.87 Å². The Morgan fingerprint density at radius 2 is 2.26 bits per heavy atom. The summed E-state index contributed by atoms with van der Waals surface area (Å²) in [5, 5.41) is 0. The highest BCUT2D eigenvalue weighted by molar-refractivity contribution is 7.87. The molecule has 1 N–H and O–H groups in total. The van der Waals surface area contributed by atoms with E-state index in [9.17, 15) is 13.2 Å². The number of nitrogens with one attached hydrogen (secondary N) is 1. The summed E-state index contributed by atoms with van der Waals surface area (Å²) in [6.07, 6.45) is 3.21. The Labute approximate surface area is 112 Å². The quantitative estimate of drug-likeness (QED) is 0.708. The van der Waals surface area contributed by atoms with Crippen LogP contribution in [0.4, 0.5) is 0 Å². The molecule has 0 fully saturated rings. The zero-order chi connectivity index (χ0) is 14.3. The third-order valence-electron chi connectivity index (χ3n) is 2.45. The van der Waals surface area contributed by atoms with Crippen molar-refractivity contribution in [1.82, 2.24) is 14.0 Å². The highest BCUT2D eigenvalue weighted by atomic mass is 32.2. The lowest BCUT2D eigenvalue weighted by Gasteiger charge is -2.16. The zero-order valence-corrected chi connectivity index (χ0v) is 11.7. The van der Waals surface area contributed by atoms with E-state index in [2.05, 4.69) is 14.4 Å². The lowest BCUT2D eigenvalue weighted by molar-refractivity contribution is -0.140. The summed E-state index contributed by atoms with van der Waals surface area (Å²) in [5.74, 6) is -0.450. The average Bonchev–Trinajstić information content (AvgIpc) is 2.43. The van der Waals surface area contributed by atoms with Gasteiger partial charge in [0.1, 0.15) is 0 Å². The number of esters is 1. The van der Waals surface area contributed by atoms with Crippen molar-refractivity contribution in [2.45, 2.75) is 13.0 Å². The van der Waals surface area contributed by atoms with Crippen LogP contribution < -0.4 is 4.72 Å². The molecular weight excluding hydrogens is 270 g/mol. The summed E-state index contributed by atoms with van der Waals surface area (Å²) in [7, 11) is -0.956. The number of methoxy groups -OCH3 is 1. The Morgan fingerprint density at radius 3 is 2.84 bits per heavy atom. The predicted molar refractivity (Wildman–Crippen MR) is 69.3 cm³/mol. The van der Waals surface area contributed by atoms with Gasteiger partial charge in [-0.2, -0.15) is 17.4 Å². The van der Waals surface area contributed by atoms with Crippen LogP contribution >= 0.6 is 0 Å². The molecule has 0 radical (unpaired) electrons. The number of hydrogen-bond donors (Lipinski definition) is 1. The van der Waals surface area contributed by atoms with Crippen LogP contribution in [-0.2, 0) is 26.3 Å². The van der Waals surface area contributed by atoms with Gasteiger partial charge in [-0.3, -0.25) is 9.78 Å². The fraction of sp³-hybridized carbons (Fsp3) is 0.455.